The van der Waals surface area contributed by atoms with Crippen molar-refractivity contribution in [3.63, 3.8) is 0 Å². The third kappa shape index (κ3) is 2.80. The predicted molar refractivity (Wildman–Crippen MR) is 86.9 cm³/mol. The molecule has 0 unspecified atom stereocenters. The first-order valence-electron chi connectivity index (χ1n) is 8.03. The molecule has 2 aromatic rings. The maximum Gasteiger partial charge on any atom is 0.175 e. The van der Waals surface area contributed by atoms with Gasteiger partial charge in [-0.3, -0.25) is 4.79 Å². The van der Waals surface area contributed by atoms with E-state index in [1.807, 2.05) is 12.1 Å². The fraction of sp³-hybridized carbons (Fsp3) is 0.500. The molecular weight excluding hydrogens is 279 g/mol. The molecule has 1 saturated heterocycles. The zero-order valence-electron chi connectivity index (χ0n) is 13.4. The van der Waals surface area contributed by atoms with Gasteiger partial charge in [-0.25, -0.2) is 4.39 Å². The van der Waals surface area contributed by atoms with Crippen molar-refractivity contribution in [2.24, 2.45) is 0 Å². The molecule has 1 aromatic heterocycles. The molecule has 1 aliphatic heterocycles. The number of piperidine rings is 1. The minimum Gasteiger partial charge on any atom is -0.352 e. The number of benzene rings is 1. The number of ketones is 1. The predicted octanol–water partition coefficient (Wildman–Crippen LogP) is 4.10. The summed E-state index contributed by atoms with van der Waals surface area (Å²) in [5.74, 6) is 0.0888. The van der Waals surface area contributed by atoms with Gasteiger partial charge < -0.3 is 9.88 Å². The fourth-order valence-corrected chi connectivity index (χ4v) is 3.40. The van der Waals surface area contributed by atoms with Gasteiger partial charge in [-0.05, 0) is 69.5 Å². The van der Waals surface area contributed by atoms with Crippen molar-refractivity contribution in [2.45, 2.75) is 45.6 Å². The second kappa shape index (κ2) is 5.84. The van der Waals surface area contributed by atoms with Crippen LogP contribution in [0.4, 0.5) is 4.39 Å². The molecule has 0 saturated carbocycles. The number of nitrogens with one attached hydrogen (secondary N) is 1. The first-order chi connectivity index (χ1) is 10.5. The number of H-pyrrole nitrogens is 1. The van der Waals surface area contributed by atoms with Crippen LogP contribution in [0.15, 0.2) is 18.2 Å². The Balaban J connectivity index is 1.88. The summed E-state index contributed by atoms with van der Waals surface area (Å²) in [6, 6.07) is 5.83. The Bertz CT molecular complexity index is 696. The highest BCUT2D eigenvalue weighted by molar-refractivity contribution is 5.98. The van der Waals surface area contributed by atoms with Crippen molar-refractivity contribution >= 4 is 16.7 Å². The number of carbonyl (C=O) groups excluding carboxylic acids is 1. The lowest BCUT2D eigenvalue weighted by Gasteiger charge is -2.34. The van der Waals surface area contributed by atoms with Crippen LogP contribution in [0.3, 0.4) is 0 Å². The molecule has 3 rings (SSSR count). The second-order valence-corrected chi connectivity index (χ2v) is 6.60. The fourth-order valence-electron chi connectivity index (χ4n) is 3.40. The molecule has 22 heavy (non-hydrogen) atoms. The van der Waals surface area contributed by atoms with Gasteiger partial charge in [0.2, 0.25) is 0 Å². The Morgan fingerprint density at radius 2 is 1.95 bits per heavy atom. The van der Waals surface area contributed by atoms with Crippen molar-refractivity contribution in [2.75, 3.05) is 13.1 Å². The topological polar surface area (TPSA) is 36.1 Å². The smallest absolute Gasteiger partial charge is 0.175 e. The minimum atomic E-state index is -0.160. The second-order valence-electron chi connectivity index (χ2n) is 6.60. The van der Waals surface area contributed by atoms with Gasteiger partial charge in [-0.1, -0.05) is 0 Å². The van der Waals surface area contributed by atoms with Crippen LogP contribution in [0.25, 0.3) is 10.9 Å². The maximum atomic E-state index is 14.5. The van der Waals surface area contributed by atoms with Crippen LogP contribution < -0.4 is 0 Å². The van der Waals surface area contributed by atoms with Gasteiger partial charge in [-0.2, -0.15) is 0 Å². The Hall–Kier alpha value is -1.68. The Morgan fingerprint density at radius 3 is 2.55 bits per heavy atom. The molecule has 0 bridgehead atoms. The molecule has 2 heterocycles. The molecule has 4 heteroatoms. The largest absolute Gasteiger partial charge is 0.352 e. The van der Waals surface area contributed by atoms with Crippen LogP contribution in [0.1, 0.15) is 55.6 Å². The van der Waals surface area contributed by atoms with Crippen molar-refractivity contribution in [1.29, 1.82) is 0 Å². The monoisotopic (exact) mass is 302 g/mol. The Kier molecular flexibility index (Phi) is 4.04. The van der Waals surface area contributed by atoms with E-state index >= 15 is 0 Å². The van der Waals surface area contributed by atoms with E-state index in [0.29, 0.717) is 17.3 Å². The van der Waals surface area contributed by atoms with Crippen LogP contribution in [0, 0.1) is 5.82 Å². The van der Waals surface area contributed by atoms with Gasteiger partial charge in [0.05, 0.1) is 5.69 Å². The normalized spacial score (nSPS) is 17.5. The lowest BCUT2D eigenvalue weighted by Crippen LogP contribution is -2.37. The van der Waals surface area contributed by atoms with E-state index in [1.165, 1.54) is 13.0 Å². The average molecular weight is 302 g/mol. The third-order valence-electron chi connectivity index (χ3n) is 4.82. The lowest BCUT2D eigenvalue weighted by atomic mass is 9.88. The molecule has 118 valence electrons. The number of fused-ring (bicyclic) bond motifs is 1. The van der Waals surface area contributed by atoms with Gasteiger partial charge in [-0.15, -0.1) is 0 Å². The minimum absolute atomic E-state index is 0.0246. The van der Waals surface area contributed by atoms with E-state index in [0.717, 1.165) is 36.9 Å². The van der Waals surface area contributed by atoms with Gasteiger partial charge in [0.25, 0.3) is 0 Å². The van der Waals surface area contributed by atoms with Gasteiger partial charge in [0.15, 0.2) is 5.78 Å². The van der Waals surface area contributed by atoms with Crippen LogP contribution >= 0.6 is 0 Å². The number of carbonyl (C=O) groups is 1. The summed E-state index contributed by atoms with van der Waals surface area (Å²) in [7, 11) is 0. The quantitative estimate of drug-likeness (QED) is 0.867. The summed E-state index contributed by atoms with van der Waals surface area (Å²) in [6.07, 6.45) is 1.98. The van der Waals surface area contributed by atoms with E-state index < -0.39 is 0 Å². The zero-order chi connectivity index (χ0) is 15.9. The molecule has 0 atom stereocenters. The molecule has 1 fully saturated rings. The Morgan fingerprint density at radius 1 is 1.27 bits per heavy atom. The summed E-state index contributed by atoms with van der Waals surface area (Å²) in [5.41, 5.74) is 2.04. The van der Waals surface area contributed by atoms with E-state index in [1.54, 1.807) is 0 Å². The summed E-state index contributed by atoms with van der Waals surface area (Å²) in [6.45, 7) is 7.97. The highest BCUT2D eigenvalue weighted by Crippen LogP contribution is 2.33. The van der Waals surface area contributed by atoms with Crippen LogP contribution in [-0.2, 0) is 0 Å². The number of rotatable bonds is 3. The van der Waals surface area contributed by atoms with E-state index in [9.17, 15) is 9.18 Å². The van der Waals surface area contributed by atoms with E-state index in [-0.39, 0.29) is 17.5 Å². The average Bonchev–Trinajstić information content (AvgIpc) is 2.89. The van der Waals surface area contributed by atoms with Crippen LogP contribution in [0.5, 0.6) is 0 Å². The standard InChI is InChI=1S/C18H23FN2O/c1-11(2)21-6-4-13(5-7-21)15-8-14-9-17(12(3)22)20-18(14)10-16(15)19/h8-11,13,20H,4-7H2,1-3H3. The number of halogens is 1. The van der Waals surface area contributed by atoms with Crippen molar-refractivity contribution in [3.05, 3.63) is 35.3 Å². The summed E-state index contributed by atoms with van der Waals surface area (Å²) < 4.78 is 14.5. The first kappa shape index (κ1) is 15.2. The molecular formula is C18H23FN2O. The zero-order valence-corrected chi connectivity index (χ0v) is 13.4. The first-order valence-corrected chi connectivity index (χ1v) is 8.03. The lowest BCUT2D eigenvalue weighted by molar-refractivity contribution is 0.101. The highest BCUT2D eigenvalue weighted by atomic mass is 19.1. The molecule has 1 aliphatic rings. The van der Waals surface area contributed by atoms with Crippen LogP contribution in [-0.4, -0.2) is 34.8 Å². The number of hydrogen-bond donors (Lipinski definition) is 1. The number of hydrogen-bond acceptors (Lipinski definition) is 2. The number of likely N-dealkylation sites (tertiary alicyclic amines) is 1. The summed E-state index contributed by atoms with van der Waals surface area (Å²) in [5, 5.41) is 0.924. The SMILES string of the molecule is CC(=O)c1cc2cc(C3CCN(C(C)C)CC3)c(F)cc2[nH]1. The van der Waals surface area contributed by atoms with Crippen molar-refractivity contribution < 1.29 is 9.18 Å². The number of aromatic nitrogens is 1. The van der Waals surface area contributed by atoms with E-state index in [2.05, 4.69) is 23.7 Å². The van der Waals surface area contributed by atoms with Crippen LogP contribution in [0.2, 0.25) is 0 Å². The number of nitrogens with zero attached hydrogens (tertiary/aromatic N) is 1. The number of aromatic amines is 1. The van der Waals surface area contributed by atoms with E-state index in [4.69, 9.17) is 0 Å². The highest BCUT2D eigenvalue weighted by Gasteiger charge is 2.24. The summed E-state index contributed by atoms with van der Waals surface area (Å²) in [4.78, 5) is 16.9. The maximum absolute atomic E-state index is 14.5. The van der Waals surface area contributed by atoms with Gasteiger partial charge in [0, 0.05) is 23.9 Å². The Labute approximate surface area is 130 Å². The third-order valence-corrected chi connectivity index (χ3v) is 4.82. The van der Waals surface area contributed by atoms with Gasteiger partial charge >= 0.3 is 0 Å². The summed E-state index contributed by atoms with van der Waals surface area (Å²) >= 11 is 0. The molecule has 3 nitrogen and oxygen atoms in total. The number of Topliss-reactive ketones (excluding diaryl/α,β-unsaturated/α-hetero) is 1. The molecule has 0 spiro atoms. The molecule has 0 aliphatic carbocycles. The van der Waals surface area contributed by atoms with Crippen molar-refractivity contribution in [1.82, 2.24) is 9.88 Å². The molecule has 0 radical (unpaired) electrons. The molecule has 1 N–H and O–H groups in total. The molecule has 1 aromatic carbocycles. The van der Waals surface area contributed by atoms with Gasteiger partial charge in [0.1, 0.15) is 5.82 Å². The molecule has 0 amide bonds. The van der Waals surface area contributed by atoms with Crippen molar-refractivity contribution in [3.8, 4) is 0 Å².